The number of amides is 1. The highest BCUT2D eigenvalue weighted by Crippen LogP contribution is 1.85. The number of hydrogen-bond donors (Lipinski definition) is 2. The summed E-state index contributed by atoms with van der Waals surface area (Å²) >= 11 is 0. The van der Waals surface area contributed by atoms with Crippen molar-refractivity contribution in [2.75, 3.05) is 33.8 Å². The number of ether oxygens (including phenoxy) is 1. The molecule has 0 rings (SSSR count). The van der Waals surface area contributed by atoms with Crippen molar-refractivity contribution in [2.24, 2.45) is 0 Å². The van der Waals surface area contributed by atoms with Crippen molar-refractivity contribution < 1.29 is 29.1 Å². The molecule has 0 saturated heterocycles. The molecule has 17 heavy (non-hydrogen) atoms. The van der Waals surface area contributed by atoms with Gasteiger partial charge < -0.3 is 38.2 Å². The van der Waals surface area contributed by atoms with E-state index in [1.54, 1.807) is 0 Å². The summed E-state index contributed by atoms with van der Waals surface area (Å²) in [7, 11) is 0.815. The Morgan fingerprint density at radius 2 is 1.88 bits per heavy atom. The van der Waals surface area contributed by atoms with Gasteiger partial charge in [-0.05, 0) is 6.42 Å². The number of quaternary nitrogens is 1. The fourth-order valence-corrected chi connectivity index (χ4v) is 0.878. The van der Waals surface area contributed by atoms with Crippen LogP contribution in [0.2, 0.25) is 0 Å². The van der Waals surface area contributed by atoms with Gasteiger partial charge in [0, 0.05) is 13.0 Å². The molecular weight excluding hydrogens is 247 g/mol. The predicted molar refractivity (Wildman–Crippen MR) is 58.9 cm³/mol. The lowest BCUT2D eigenvalue weighted by Crippen LogP contribution is -3.05. The molecule has 7 nitrogen and oxygen atoms in total. The fourth-order valence-electron chi connectivity index (χ4n) is 0.878. The molecule has 0 bridgehead atoms. The molecule has 0 aromatic carbocycles. The van der Waals surface area contributed by atoms with Gasteiger partial charge in [-0.15, -0.1) is 0 Å². The van der Waals surface area contributed by atoms with Crippen LogP contribution < -0.4 is 24.9 Å². The molecule has 0 heterocycles. The Morgan fingerprint density at radius 3 is 2.29 bits per heavy atom. The molecule has 0 unspecified atom stereocenters. The van der Waals surface area contributed by atoms with Gasteiger partial charge in [0.25, 0.3) is 0 Å². The lowest BCUT2D eigenvalue weighted by Gasteiger charge is -2.39. The first-order chi connectivity index (χ1) is 7.90. The van der Waals surface area contributed by atoms with Gasteiger partial charge in [0.2, 0.25) is 0 Å². The van der Waals surface area contributed by atoms with Crippen LogP contribution in [-0.2, 0) is 4.74 Å². The maximum absolute atomic E-state index is 10.9. The zero-order valence-electron chi connectivity index (χ0n) is 10.5. The molecule has 2 N–H and O–H groups in total. The van der Waals surface area contributed by atoms with Gasteiger partial charge in [-0.2, -0.15) is 0 Å². The van der Waals surface area contributed by atoms with Crippen LogP contribution in [0.1, 0.15) is 19.8 Å². The Bertz CT molecular complexity index is 178. The lowest BCUT2D eigenvalue weighted by atomic mass is 10.4. The van der Waals surface area contributed by atoms with Crippen molar-refractivity contribution in [1.29, 1.82) is 0 Å². The van der Waals surface area contributed by atoms with Crippen LogP contribution in [0.4, 0.5) is 4.79 Å². The molecule has 0 aromatic heterocycles. The molecule has 104 valence electrons. The smallest absolute Gasteiger partial charge is 0.407 e. The summed E-state index contributed by atoms with van der Waals surface area (Å²) in [5.41, 5.74) is 0. The van der Waals surface area contributed by atoms with Gasteiger partial charge in [0.15, 0.2) is 0 Å². The Morgan fingerprint density at radius 1 is 1.35 bits per heavy atom. The van der Waals surface area contributed by atoms with Crippen LogP contribution in [-0.4, -0.2) is 39.9 Å². The molecule has 0 radical (unpaired) electrons. The van der Waals surface area contributed by atoms with E-state index in [0.29, 0.717) is 13.2 Å². The first-order valence-corrected chi connectivity index (χ1v) is 6.50. The average Bonchev–Trinajstić information content (AvgIpc) is 2.20. The molecule has 1 amide bonds. The standard InChI is InChI=1S/C9H20N2O2.O3P/c1-4-8-13-9(12)10-6-5-7-11(2)3;1-4(2)3/h4-8H2,1-3H3,(H,10,12);/q;-3/p+1. The van der Waals surface area contributed by atoms with Crippen molar-refractivity contribution in [3.8, 4) is 0 Å². The van der Waals surface area contributed by atoms with Gasteiger partial charge >= 0.3 is 6.09 Å². The zero-order valence-corrected chi connectivity index (χ0v) is 11.4. The summed E-state index contributed by atoms with van der Waals surface area (Å²) < 4.78 is 4.84. The SMILES string of the molecule is CCCOC(=O)NCCC[NH+](C)C.[O-]P([O-])[O-]. The largest absolute Gasteiger partial charge is 0.854 e. The van der Waals surface area contributed by atoms with Crippen molar-refractivity contribution in [3.05, 3.63) is 0 Å². The van der Waals surface area contributed by atoms with Gasteiger partial charge in [-0.1, -0.05) is 6.92 Å². The number of hydrogen-bond acceptors (Lipinski definition) is 5. The summed E-state index contributed by atoms with van der Waals surface area (Å²) in [6, 6.07) is 0. The summed E-state index contributed by atoms with van der Waals surface area (Å²) in [6.45, 7) is 4.25. The van der Waals surface area contributed by atoms with Crippen LogP contribution in [0, 0.1) is 0 Å². The van der Waals surface area contributed by atoms with Crippen molar-refractivity contribution >= 4 is 14.7 Å². The third-order valence-corrected chi connectivity index (χ3v) is 1.56. The Kier molecular flexibility index (Phi) is 15.1. The highest BCUT2D eigenvalue weighted by Gasteiger charge is 2.00. The van der Waals surface area contributed by atoms with E-state index in [0.717, 1.165) is 19.4 Å². The van der Waals surface area contributed by atoms with Crippen LogP contribution in [0.15, 0.2) is 0 Å². The summed E-state index contributed by atoms with van der Waals surface area (Å²) in [5, 5.41) is 2.70. The average molecular weight is 268 g/mol. The molecule has 0 saturated carbocycles. The van der Waals surface area contributed by atoms with Gasteiger partial charge in [-0.25, -0.2) is 4.79 Å². The number of carbonyl (C=O) groups is 1. The second kappa shape index (κ2) is 13.6. The van der Waals surface area contributed by atoms with Crippen molar-refractivity contribution in [2.45, 2.75) is 19.8 Å². The van der Waals surface area contributed by atoms with E-state index in [1.807, 2.05) is 6.92 Å². The molecule has 0 atom stereocenters. The number of nitrogens with one attached hydrogen (secondary N) is 2. The Hall–Kier alpha value is -0.460. The molecule has 8 heteroatoms. The molecule has 0 fully saturated rings. The third-order valence-electron chi connectivity index (χ3n) is 1.56. The van der Waals surface area contributed by atoms with Crippen molar-refractivity contribution in [1.82, 2.24) is 5.32 Å². The van der Waals surface area contributed by atoms with Gasteiger partial charge in [0.05, 0.1) is 27.2 Å². The quantitative estimate of drug-likeness (QED) is 0.392. The summed E-state index contributed by atoms with van der Waals surface area (Å²) in [6.07, 6.45) is 1.56. The van der Waals surface area contributed by atoms with Crippen LogP contribution in [0.5, 0.6) is 0 Å². The van der Waals surface area contributed by atoms with Crippen molar-refractivity contribution in [3.63, 3.8) is 0 Å². The van der Waals surface area contributed by atoms with Crippen LogP contribution in [0.25, 0.3) is 0 Å². The van der Waals surface area contributed by atoms with E-state index in [1.165, 1.54) is 4.90 Å². The second-order valence-electron chi connectivity index (χ2n) is 3.60. The fraction of sp³-hybridized carbons (Fsp3) is 0.889. The molecule has 0 aliphatic heterocycles. The van der Waals surface area contributed by atoms with E-state index in [4.69, 9.17) is 19.4 Å². The number of carbonyl (C=O) groups excluding carboxylic acids is 1. The highest BCUT2D eigenvalue weighted by molar-refractivity contribution is 7.33. The van der Waals surface area contributed by atoms with Crippen LogP contribution in [0.3, 0.4) is 0 Å². The van der Waals surface area contributed by atoms with Gasteiger partial charge in [-0.3, -0.25) is 0 Å². The monoisotopic (exact) mass is 268 g/mol. The van der Waals surface area contributed by atoms with Crippen LogP contribution >= 0.6 is 8.60 Å². The predicted octanol–water partition coefficient (Wildman–Crippen LogP) is -3.05. The minimum Gasteiger partial charge on any atom is -0.854 e. The molecule has 0 aliphatic carbocycles. The highest BCUT2D eigenvalue weighted by atomic mass is 31.2. The Labute approximate surface area is 103 Å². The lowest BCUT2D eigenvalue weighted by molar-refractivity contribution is -0.858. The maximum atomic E-state index is 10.9. The van der Waals surface area contributed by atoms with E-state index in [9.17, 15) is 4.79 Å². The summed E-state index contributed by atoms with van der Waals surface area (Å²) in [4.78, 5) is 37.7. The number of rotatable bonds is 6. The molecule has 0 aromatic rings. The first-order valence-electron chi connectivity index (χ1n) is 5.41. The topological polar surface area (TPSA) is 112 Å². The summed E-state index contributed by atoms with van der Waals surface area (Å²) in [5.74, 6) is 0. The molecule has 0 spiro atoms. The minimum atomic E-state index is -3.37. The van der Waals surface area contributed by atoms with E-state index >= 15 is 0 Å². The zero-order chi connectivity index (χ0) is 13.7. The van der Waals surface area contributed by atoms with Gasteiger partial charge in [0.1, 0.15) is 0 Å². The first kappa shape index (κ1) is 18.9. The Balaban J connectivity index is 0. The minimum absolute atomic E-state index is 0.296. The molecule has 0 aliphatic rings. The van der Waals surface area contributed by atoms with E-state index in [2.05, 4.69) is 19.4 Å². The maximum Gasteiger partial charge on any atom is 0.407 e. The van der Waals surface area contributed by atoms with E-state index < -0.39 is 8.60 Å². The number of alkyl carbamates (subject to hydrolysis) is 1. The second-order valence-corrected chi connectivity index (χ2v) is 4.04. The molecular formula is C9H21N2O5P-2. The normalized spacial score (nSPS) is 9.88. The third kappa shape index (κ3) is 25.6. The van der Waals surface area contributed by atoms with E-state index in [-0.39, 0.29) is 6.09 Å².